The van der Waals surface area contributed by atoms with Crippen LogP contribution in [0.2, 0.25) is 0 Å². The molecular weight excluding hydrogens is 527 g/mol. The maximum absolute atomic E-state index is 12.3. The Kier molecular flexibility index (Phi) is 12.1. The fraction of sp³-hybridized carbons (Fsp3) is 0.800. The minimum Gasteiger partial charge on any atom is -0.353 e. The van der Waals surface area contributed by atoms with E-state index in [1.54, 1.807) is 0 Å². The first-order valence-electron chi connectivity index (χ1n) is 13.2. The zero-order chi connectivity index (χ0) is 29.3. The normalized spacial score (nSPS) is 26.3. The molecule has 39 heavy (non-hydrogen) atoms. The smallest absolute Gasteiger partial charge is 0.353 e. The van der Waals surface area contributed by atoms with E-state index in [9.17, 15) is 37.1 Å². The fourth-order valence-electron chi connectivity index (χ4n) is 4.31. The number of hydroxylamine groups is 2. The summed E-state index contributed by atoms with van der Waals surface area (Å²) in [5, 5.41) is 5.08. The van der Waals surface area contributed by atoms with Crippen LogP contribution >= 0.6 is 0 Å². The summed E-state index contributed by atoms with van der Waals surface area (Å²) in [7, 11) is 0. The third kappa shape index (κ3) is 10.1. The minimum atomic E-state index is -4.97. The molecule has 2 saturated heterocycles. The van der Waals surface area contributed by atoms with Crippen molar-refractivity contribution < 1.29 is 51.5 Å². The number of nitrogens with zero attached hydrogens (tertiary/aromatic N) is 1. The van der Waals surface area contributed by atoms with Crippen LogP contribution < -0.4 is 10.6 Å². The number of unbranched alkanes of at least 4 members (excludes halogenated alkanes) is 1. The molecule has 2 fully saturated rings. The van der Waals surface area contributed by atoms with Gasteiger partial charge < -0.3 is 24.9 Å². The first-order chi connectivity index (χ1) is 18.2. The van der Waals surface area contributed by atoms with E-state index in [-0.39, 0.29) is 68.4 Å². The number of hydrogen-bond acceptors (Lipinski definition) is 8. The Morgan fingerprint density at radius 1 is 1.03 bits per heavy atom. The van der Waals surface area contributed by atoms with Crippen molar-refractivity contribution in [2.24, 2.45) is 17.8 Å². The fourth-order valence-corrected chi connectivity index (χ4v) is 4.31. The topological polar surface area (TPSA) is 140 Å². The van der Waals surface area contributed by atoms with Gasteiger partial charge in [0.1, 0.15) is 0 Å². The van der Waals surface area contributed by atoms with Crippen LogP contribution in [0, 0.1) is 17.8 Å². The predicted octanol–water partition coefficient (Wildman–Crippen LogP) is 2.38. The third-order valence-corrected chi connectivity index (χ3v) is 7.18. The lowest BCUT2D eigenvalue weighted by atomic mass is 9.79. The van der Waals surface area contributed by atoms with Gasteiger partial charge in [0.05, 0.1) is 6.10 Å². The van der Waals surface area contributed by atoms with E-state index in [2.05, 4.69) is 12.2 Å². The molecule has 14 heteroatoms. The summed E-state index contributed by atoms with van der Waals surface area (Å²) in [5.41, 5.74) is 0. The van der Waals surface area contributed by atoms with Gasteiger partial charge in [0.15, 0.2) is 6.29 Å². The summed E-state index contributed by atoms with van der Waals surface area (Å²) in [6.07, 6.45) is -4.86. The monoisotopic (exact) mass is 565 g/mol. The van der Waals surface area contributed by atoms with E-state index in [1.165, 1.54) is 6.92 Å². The number of carbonyl (C=O) groups is 5. The quantitative estimate of drug-likeness (QED) is 0.256. The molecule has 6 atom stereocenters. The lowest BCUT2D eigenvalue weighted by molar-refractivity contribution is -0.246. The van der Waals surface area contributed by atoms with Gasteiger partial charge in [-0.05, 0) is 38.0 Å². The summed E-state index contributed by atoms with van der Waals surface area (Å²) >= 11 is 0. The standard InChI is InChI=1S/C25H38F3N3O8/c1-14(30-24(36)25(26,27)28)8-9-19(32)29-13-18-16(3)15(2)17(4)23(38-18)37-12-6-5-7-22(35)39-31-20(33)10-11-21(31)34/h14-18,23H,5-13H2,1-4H3,(H,29,32)(H,30,36). The number of rotatable bonds is 13. The number of halogens is 3. The van der Waals surface area contributed by atoms with Gasteiger partial charge in [-0.1, -0.05) is 20.8 Å². The summed E-state index contributed by atoms with van der Waals surface area (Å²) in [5.74, 6) is -3.78. The Balaban J connectivity index is 1.70. The van der Waals surface area contributed by atoms with Crippen molar-refractivity contribution in [2.45, 2.75) is 97.3 Å². The molecule has 0 bridgehead atoms. The second-order valence-corrected chi connectivity index (χ2v) is 10.2. The molecule has 0 aliphatic carbocycles. The number of ether oxygens (including phenoxy) is 2. The average molecular weight is 566 g/mol. The van der Waals surface area contributed by atoms with Crippen molar-refractivity contribution in [3.8, 4) is 0 Å². The Morgan fingerprint density at radius 2 is 1.67 bits per heavy atom. The van der Waals surface area contributed by atoms with Crippen molar-refractivity contribution in [1.82, 2.24) is 15.7 Å². The maximum atomic E-state index is 12.3. The van der Waals surface area contributed by atoms with E-state index in [0.717, 1.165) is 0 Å². The van der Waals surface area contributed by atoms with Crippen LogP contribution in [-0.2, 0) is 38.3 Å². The summed E-state index contributed by atoms with van der Waals surface area (Å²) in [6, 6.07) is -0.819. The third-order valence-electron chi connectivity index (χ3n) is 7.18. The van der Waals surface area contributed by atoms with Gasteiger partial charge in [0.2, 0.25) is 5.91 Å². The van der Waals surface area contributed by atoms with E-state index in [0.29, 0.717) is 24.5 Å². The van der Waals surface area contributed by atoms with Crippen LogP contribution in [0.5, 0.6) is 0 Å². The van der Waals surface area contributed by atoms with Gasteiger partial charge in [-0.2, -0.15) is 13.2 Å². The van der Waals surface area contributed by atoms with Crippen molar-refractivity contribution >= 4 is 29.6 Å². The molecule has 2 aliphatic rings. The Hall–Kier alpha value is -2.74. The molecule has 4 amide bonds. The van der Waals surface area contributed by atoms with Crippen LogP contribution in [0.15, 0.2) is 0 Å². The van der Waals surface area contributed by atoms with E-state index in [1.807, 2.05) is 19.2 Å². The number of hydrogen-bond donors (Lipinski definition) is 2. The number of amides is 4. The van der Waals surface area contributed by atoms with Gasteiger partial charge in [-0.3, -0.25) is 19.2 Å². The SMILES string of the molecule is CC(CCC(=O)NCC1OC(OCCCCC(=O)ON2C(=O)CCC2=O)C(C)C(C)C1C)NC(=O)C(F)(F)F. The highest BCUT2D eigenvalue weighted by Gasteiger charge is 2.40. The first-order valence-corrected chi connectivity index (χ1v) is 13.2. The molecule has 0 spiro atoms. The highest BCUT2D eigenvalue weighted by molar-refractivity contribution is 6.01. The van der Waals surface area contributed by atoms with Crippen molar-refractivity contribution in [3.05, 3.63) is 0 Å². The molecule has 2 N–H and O–H groups in total. The summed E-state index contributed by atoms with van der Waals surface area (Å²) < 4.78 is 49.0. The van der Waals surface area contributed by atoms with E-state index < -0.39 is 42.2 Å². The van der Waals surface area contributed by atoms with Crippen molar-refractivity contribution in [1.29, 1.82) is 0 Å². The summed E-state index contributed by atoms with van der Waals surface area (Å²) in [6.45, 7) is 7.95. The van der Waals surface area contributed by atoms with Crippen molar-refractivity contribution in [2.75, 3.05) is 13.2 Å². The first kappa shape index (κ1) is 32.5. The lowest BCUT2D eigenvalue weighted by Gasteiger charge is -2.43. The Labute approximate surface area is 225 Å². The molecular formula is C25H38F3N3O8. The average Bonchev–Trinajstić information content (AvgIpc) is 3.17. The van der Waals surface area contributed by atoms with Crippen LogP contribution in [0.3, 0.4) is 0 Å². The number of nitrogens with one attached hydrogen (secondary N) is 2. The molecule has 2 heterocycles. The highest BCUT2D eigenvalue weighted by Crippen LogP contribution is 2.35. The molecule has 222 valence electrons. The molecule has 0 radical (unpaired) electrons. The highest BCUT2D eigenvalue weighted by atomic mass is 19.4. The molecule has 0 aromatic heterocycles. The van der Waals surface area contributed by atoms with Crippen molar-refractivity contribution in [3.63, 3.8) is 0 Å². The summed E-state index contributed by atoms with van der Waals surface area (Å²) in [4.78, 5) is 63.0. The molecule has 0 saturated carbocycles. The molecule has 0 aromatic rings. The number of alkyl halides is 3. The zero-order valence-corrected chi connectivity index (χ0v) is 22.7. The Morgan fingerprint density at radius 3 is 2.28 bits per heavy atom. The van der Waals surface area contributed by atoms with Crippen LogP contribution in [-0.4, -0.2) is 72.4 Å². The lowest BCUT2D eigenvalue weighted by Crippen LogP contribution is -2.50. The van der Waals surface area contributed by atoms with Gasteiger partial charge in [-0.25, -0.2) is 4.79 Å². The molecule has 6 unspecified atom stereocenters. The molecule has 2 aliphatic heterocycles. The van der Waals surface area contributed by atoms with Crippen LogP contribution in [0.25, 0.3) is 0 Å². The largest absolute Gasteiger partial charge is 0.471 e. The molecule has 11 nitrogen and oxygen atoms in total. The Bertz CT molecular complexity index is 884. The number of imide groups is 1. The maximum Gasteiger partial charge on any atom is 0.471 e. The van der Waals surface area contributed by atoms with Gasteiger partial charge in [0, 0.05) is 50.8 Å². The zero-order valence-electron chi connectivity index (χ0n) is 22.7. The van der Waals surface area contributed by atoms with E-state index in [4.69, 9.17) is 14.3 Å². The molecule has 2 rings (SSSR count). The minimum absolute atomic E-state index is 0.0160. The second kappa shape index (κ2) is 14.6. The predicted molar refractivity (Wildman–Crippen MR) is 129 cm³/mol. The van der Waals surface area contributed by atoms with Gasteiger partial charge >= 0.3 is 18.1 Å². The van der Waals surface area contributed by atoms with E-state index >= 15 is 0 Å². The van der Waals surface area contributed by atoms with Crippen LogP contribution in [0.4, 0.5) is 13.2 Å². The molecule has 0 aromatic carbocycles. The van der Waals surface area contributed by atoms with Gasteiger partial charge in [-0.15, -0.1) is 5.06 Å². The van der Waals surface area contributed by atoms with Gasteiger partial charge in [0.25, 0.3) is 11.8 Å². The van der Waals surface area contributed by atoms with Crippen LogP contribution in [0.1, 0.15) is 72.6 Å². The second-order valence-electron chi connectivity index (χ2n) is 10.2. The number of carbonyl (C=O) groups excluding carboxylic acids is 5.